The second-order valence-corrected chi connectivity index (χ2v) is 3.47. The molecule has 5 heteroatoms. The van der Waals surface area contributed by atoms with Gasteiger partial charge in [0, 0.05) is 32.4 Å². The first-order valence-electron chi connectivity index (χ1n) is 5.61. The summed E-state index contributed by atoms with van der Waals surface area (Å²) >= 11 is 0. The SMILES string of the molecule is CC.CC(=O)NCCN1C(=O)CC(C)C1=O. The van der Waals surface area contributed by atoms with Crippen LogP contribution in [0.25, 0.3) is 0 Å². The van der Waals surface area contributed by atoms with Gasteiger partial charge in [-0.1, -0.05) is 20.8 Å². The number of amides is 3. The zero-order chi connectivity index (χ0) is 12.7. The summed E-state index contributed by atoms with van der Waals surface area (Å²) in [5.74, 6) is -0.648. The third kappa shape index (κ3) is 4.00. The Hall–Kier alpha value is -1.39. The lowest BCUT2D eigenvalue weighted by atomic mass is 10.1. The maximum absolute atomic E-state index is 11.4. The van der Waals surface area contributed by atoms with Gasteiger partial charge in [0.2, 0.25) is 17.7 Å². The molecule has 1 saturated heterocycles. The van der Waals surface area contributed by atoms with Gasteiger partial charge < -0.3 is 5.32 Å². The van der Waals surface area contributed by atoms with Crippen LogP contribution in [-0.2, 0) is 14.4 Å². The summed E-state index contributed by atoms with van der Waals surface area (Å²) < 4.78 is 0. The van der Waals surface area contributed by atoms with Crippen molar-refractivity contribution in [1.29, 1.82) is 0 Å². The van der Waals surface area contributed by atoms with Crippen molar-refractivity contribution in [3.8, 4) is 0 Å². The van der Waals surface area contributed by atoms with Crippen LogP contribution in [0.4, 0.5) is 0 Å². The Kier molecular flexibility index (Phi) is 6.37. The number of rotatable bonds is 3. The van der Waals surface area contributed by atoms with Crippen molar-refractivity contribution >= 4 is 17.7 Å². The molecular formula is C11H20N2O3. The molecule has 0 aliphatic carbocycles. The largest absolute Gasteiger partial charge is 0.355 e. The molecule has 0 saturated carbocycles. The Bertz CT molecular complexity index is 276. The van der Waals surface area contributed by atoms with Crippen LogP contribution in [0.15, 0.2) is 0 Å². The number of hydrogen-bond acceptors (Lipinski definition) is 3. The zero-order valence-electron chi connectivity index (χ0n) is 10.4. The van der Waals surface area contributed by atoms with E-state index >= 15 is 0 Å². The highest BCUT2D eigenvalue weighted by Crippen LogP contribution is 2.17. The predicted octanol–water partition coefficient (Wildman–Crippen LogP) is 0.544. The van der Waals surface area contributed by atoms with E-state index in [0.29, 0.717) is 13.0 Å². The first kappa shape index (κ1) is 14.6. The van der Waals surface area contributed by atoms with E-state index < -0.39 is 0 Å². The molecule has 16 heavy (non-hydrogen) atoms. The molecule has 0 aromatic rings. The van der Waals surface area contributed by atoms with Crippen LogP contribution in [0, 0.1) is 5.92 Å². The van der Waals surface area contributed by atoms with Gasteiger partial charge in [0.05, 0.1) is 0 Å². The molecule has 3 amide bonds. The smallest absolute Gasteiger partial charge is 0.232 e. The number of imide groups is 1. The van der Waals surface area contributed by atoms with Crippen molar-refractivity contribution in [3.63, 3.8) is 0 Å². The van der Waals surface area contributed by atoms with Crippen LogP contribution >= 0.6 is 0 Å². The van der Waals surface area contributed by atoms with Crippen molar-refractivity contribution in [2.75, 3.05) is 13.1 Å². The van der Waals surface area contributed by atoms with E-state index in [-0.39, 0.29) is 30.2 Å². The molecule has 1 N–H and O–H groups in total. The number of hydrogen-bond donors (Lipinski definition) is 1. The molecule has 1 unspecified atom stereocenters. The minimum Gasteiger partial charge on any atom is -0.355 e. The lowest BCUT2D eigenvalue weighted by molar-refractivity contribution is -0.139. The molecule has 1 aliphatic heterocycles. The number of nitrogens with one attached hydrogen (secondary N) is 1. The van der Waals surface area contributed by atoms with E-state index in [1.807, 2.05) is 13.8 Å². The topological polar surface area (TPSA) is 66.5 Å². The minimum atomic E-state index is -0.208. The maximum Gasteiger partial charge on any atom is 0.232 e. The van der Waals surface area contributed by atoms with Gasteiger partial charge in [-0.3, -0.25) is 19.3 Å². The van der Waals surface area contributed by atoms with Gasteiger partial charge in [0.1, 0.15) is 0 Å². The summed E-state index contributed by atoms with van der Waals surface area (Å²) in [6, 6.07) is 0. The van der Waals surface area contributed by atoms with Crippen LogP contribution in [0.5, 0.6) is 0 Å². The lowest BCUT2D eigenvalue weighted by Crippen LogP contribution is -2.37. The minimum absolute atomic E-state index is 0.139. The highest BCUT2D eigenvalue weighted by atomic mass is 16.2. The number of likely N-dealkylation sites (tertiary alicyclic amines) is 1. The standard InChI is InChI=1S/C9H14N2O3.C2H6/c1-6-5-8(13)11(9(6)14)4-3-10-7(2)12;1-2/h6H,3-5H2,1-2H3,(H,10,12);1-2H3. The van der Waals surface area contributed by atoms with Gasteiger partial charge in [0.15, 0.2) is 0 Å². The Morgan fingerprint density at radius 3 is 2.38 bits per heavy atom. The van der Waals surface area contributed by atoms with Crippen molar-refractivity contribution in [2.24, 2.45) is 5.92 Å². The van der Waals surface area contributed by atoms with E-state index in [9.17, 15) is 14.4 Å². The van der Waals surface area contributed by atoms with Crippen LogP contribution < -0.4 is 5.32 Å². The van der Waals surface area contributed by atoms with Crippen LogP contribution in [0.1, 0.15) is 34.1 Å². The summed E-state index contributed by atoms with van der Waals surface area (Å²) in [5, 5.41) is 2.54. The summed E-state index contributed by atoms with van der Waals surface area (Å²) in [6.07, 6.45) is 0.291. The monoisotopic (exact) mass is 228 g/mol. The molecule has 1 atom stereocenters. The summed E-state index contributed by atoms with van der Waals surface area (Å²) in [7, 11) is 0. The van der Waals surface area contributed by atoms with Gasteiger partial charge in [-0.15, -0.1) is 0 Å². The molecule has 0 aromatic carbocycles. The average molecular weight is 228 g/mol. The second kappa shape index (κ2) is 6.98. The Balaban J connectivity index is 0.00000106. The van der Waals surface area contributed by atoms with E-state index in [2.05, 4.69) is 5.32 Å². The Labute approximate surface area is 96.2 Å². The third-order valence-electron chi connectivity index (χ3n) is 2.18. The molecule has 1 aliphatic rings. The first-order valence-corrected chi connectivity index (χ1v) is 5.61. The zero-order valence-corrected chi connectivity index (χ0v) is 10.4. The van der Waals surface area contributed by atoms with Crippen LogP contribution in [0.3, 0.4) is 0 Å². The second-order valence-electron chi connectivity index (χ2n) is 3.47. The van der Waals surface area contributed by atoms with Crippen molar-refractivity contribution in [2.45, 2.75) is 34.1 Å². The molecular weight excluding hydrogens is 208 g/mol. The lowest BCUT2D eigenvalue weighted by Gasteiger charge is -2.13. The van der Waals surface area contributed by atoms with E-state index in [1.165, 1.54) is 11.8 Å². The first-order chi connectivity index (χ1) is 7.52. The van der Waals surface area contributed by atoms with Crippen molar-refractivity contribution < 1.29 is 14.4 Å². The van der Waals surface area contributed by atoms with Gasteiger partial charge >= 0.3 is 0 Å². The Morgan fingerprint density at radius 1 is 1.44 bits per heavy atom. The van der Waals surface area contributed by atoms with E-state index in [1.54, 1.807) is 6.92 Å². The highest BCUT2D eigenvalue weighted by Gasteiger charge is 2.34. The normalized spacial score (nSPS) is 19.2. The van der Waals surface area contributed by atoms with E-state index in [4.69, 9.17) is 0 Å². The van der Waals surface area contributed by atoms with E-state index in [0.717, 1.165) is 0 Å². The molecule has 1 rings (SSSR count). The quantitative estimate of drug-likeness (QED) is 0.717. The van der Waals surface area contributed by atoms with Gasteiger partial charge in [0.25, 0.3) is 0 Å². The Morgan fingerprint density at radius 2 is 2.00 bits per heavy atom. The highest BCUT2D eigenvalue weighted by molar-refractivity contribution is 6.03. The summed E-state index contributed by atoms with van der Waals surface area (Å²) in [4.78, 5) is 34.4. The number of nitrogens with zero attached hydrogens (tertiary/aromatic N) is 1. The molecule has 0 bridgehead atoms. The molecule has 92 valence electrons. The number of carbonyl (C=O) groups is 3. The third-order valence-corrected chi connectivity index (χ3v) is 2.18. The van der Waals surface area contributed by atoms with Gasteiger partial charge in [-0.25, -0.2) is 0 Å². The van der Waals surface area contributed by atoms with Crippen LogP contribution in [-0.4, -0.2) is 35.7 Å². The predicted molar refractivity (Wildman–Crippen MR) is 60.5 cm³/mol. The fraction of sp³-hybridized carbons (Fsp3) is 0.727. The maximum atomic E-state index is 11.4. The average Bonchev–Trinajstić information content (AvgIpc) is 2.47. The fourth-order valence-corrected chi connectivity index (χ4v) is 1.43. The van der Waals surface area contributed by atoms with Crippen molar-refractivity contribution in [1.82, 2.24) is 10.2 Å². The summed E-state index contributed by atoms with van der Waals surface area (Å²) in [6.45, 7) is 7.75. The fourth-order valence-electron chi connectivity index (χ4n) is 1.43. The van der Waals surface area contributed by atoms with Crippen LogP contribution in [0.2, 0.25) is 0 Å². The van der Waals surface area contributed by atoms with Gasteiger partial charge in [-0.2, -0.15) is 0 Å². The van der Waals surface area contributed by atoms with Crippen molar-refractivity contribution in [3.05, 3.63) is 0 Å². The molecule has 0 radical (unpaired) electrons. The molecule has 5 nitrogen and oxygen atoms in total. The molecule has 0 aromatic heterocycles. The number of carbonyl (C=O) groups excluding carboxylic acids is 3. The summed E-state index contributed by atoms with van der Waals surface area (Å²) in [5.41, 5.74) is 0. The molecule has 0 spiro atoms. The molecule has 1 heterocycles. The van der Waals surface area contributed by atoms with Gasteiger partial charge in [-0.05, 0) is 0 Å². The molecule has 1 fully saturated rings.